The SMILES string of the molecule is COCCN1C(=O)COc2cc3c(cc21)C(C)CNCC3. The Bertz CT molecular complexity index is 545. The third-order valence-electron chi connectivity index (χ3n) is 4.24. The van der Waals surface area contributed by atoms with Crippen LogP contribution >= 0.6 is 0 Å². The van der Waals surface area contributed by atoms with Crippen molar-refractivity contribution in [2.75, 3.05) is 44.9 Å². The van der Waals surface area contributed by atoms with E-state index in [1.165, 1.54) is 11.1 Å². The van der Waals surface area contributed by atoms with Gasteiger partial charge in [-0.15, -0.1) is 0 Å². The van der Waals surface area contributed by atoms with Crippen LogP contribution in [0.15, 0.2) is 12.1 Å². The molecule has 3 rings (SSSR count). The van der Waals surface area contributed by atoms with E-state index in [-0.39, 0.29) is 12.5 Å². The van der Waals surface area contributed by atoms with Crippen LogP contribution in [-0.4, -0.2) is 45.9 Å². The zero-order valence-corrected chi connectivity index (χ0v) is 12.6. The largest absolute Gasteiger partial charge is 0.482 e. The summed E-state index contributed by atoms with van der Waals surface area (Å²) in [5.74, 6) is 1.26. The summed E-state index contributed by atoms with van der Waals surface area (Å²) in [6.07, 6.45) is 1.00. The third kappa shape index (κ3) is 2.76. The van der Waals surface area contributed by atoms with Gasteiger partial charge in [-0.3, -0.25) is 4.79 Å². The molecule has 0 fully saturated rings. The molecule has 5 heteroatoms. The van der Waals surface area contributed by atoms with Gasteiger partial charge in [0.25, 0.3) is 5.91 Å². The molecule has 21 heavy (non-hydrogen) atoms. The molecule has 0 saturated heterocycles. The second kappa shape index (κ2) is 6.03. The van der Waals surface area contributed by atoms with Gasteiger partial charge in [0.1, 0.15) is 5.75 Å². The highest BCUT2D eigenvalue weighted by molar-refractivity contribution is 5.98. The number of hydrogen-bond acceptors (Lipinski definition) is 4. The Balaban J connectivity index is 2.00. The van der Waals surface area contributed by atoms with Crippen LogP contribution in [0.3, 0.4) is 0 Å². The maximum Gasteiger partial charge on any atom is 0.265 e. The zero-order chi connectivity index (χ0) is 14.8. The van der Waals surface area contributed by atoms with E-state index in [1.54, 1.807) is 12.0 Å². The third-order valence-corrected chi connectivity index (χ3v) is 4.24. The Labute approximate surface area is 125 Å². The molecule has 1 aromatic rings. The average molecular weight is 290 g/mol. The van der Waals surface area contributed by atoms with E-state index in [2.05, 4.69) is 24.4 Å². The molecule has 1 aromatic carbocycles. The van der Waals surface area contributed by atoms with Gasteiger partial charge >= 0.3 is 0 Å². The van der Waals surface area contributed by atoms with E-state index in [1.807, 2.05) is 0 Å². The molecule has 1 N–H and O–H groups in total. The number of nitrogens with one attached hydrogen (secondary N) is 1. The van der Waals surface area contributed by atoms with Crippen molar-refractivity contribution < 1.29 is 14.3 Å². The molecule has 2 aliphatic heterocycles. The van der Waals surface area contributed by atoms with Crippen LogP contribution in [0.2, 0.25) is 0 Å². The van der Waals surface area contributed by atoms with Crippen molar-refractivity contribution in [2.45, 2.75) is 19.3 Å². The second-order valence-electron chi connectivity index (χ2n) is 5.70. The first-order valence-corrected chi connectivity index (χ1v) is 7.50. The van der Waals surface area contributed by atoms with Gasteiger partial charge in [0.05, 0.1) is 12.3 Å². The lowest BCUT2D eigenvalue weighted by Crippen LogP contribution is -2.40. The Kier molecular flexibility index (Phi) is 4.12. The Morgan fingerprint density at radius 1 is 1.48 bits per heavy atom. The molecule has 2 aliphatic rings. The highest BCUT2D eigenvalue weighted by Crippen LogP contribution is 2.37. The summed E-state index contributed by atoms with van der Waals surface area (Å²) in [5.41, 5.74) is 3.53. The summed E-state index contributed by atoms with van der Waals surface area (Å²) in [7, 11) is 1.65. The lowest BCUT2D eigenvalue weighted by atomic mass is 9.93. The summed E-state index contributed by atoms with van der Waals surface area (Å²) in [6.45, 7) is 5.38. The van der Waals surface area contributed by atoms with Crippen LogP contribution in [0.1, 0.15) is 24.0 Å². The molecule has 1 amide bonds. The van der Waals surface area contributed by atoms with Crippen molar-refractivity contribution >= 4 is 11.6 Å². The van der Waals surface area contributed by atoms with E-state index >= 15 is 0 Å². The number of rotatable bonds is 3. The Morgan fingerprint density at radius 3 is 3.14 bits per heavy atom. The van der Waals surface area contributed by atoms with E-state index in [9.17, 15) is 4.79 Å². The first-order chi connectivity index (χ1) is 10.2. The van der Waals surface area contributed by atoms with Crippen molar-refractivity contribution in [1.82, 2.24) is 5.32 Å². The fourth-order valence-corrected chi connectivity index (χ4v) is 3.06. The number of nitrogens with zero attached hydrogens (tertiary/aromatic N) is 1. The molecule has 1 unspecified atom stereocenters. The zero-order valence-electron chi connectivity index (χ0n) is 12.6. The van der Waals surface area contributed by atoms with Gasteiger partial charge in [-0.25, -0.2) is 0 Å². The topological polar surface area (TPSA) is 50.8 Å². The first-order valence-electron chi connectivity index (χ1n) is 7.50. The molecular weight excluding hydrogens is 268 g/mol. The summed E-state index contributed by atoms with van der Waals surface area (Å²) in [4.78, 5) is 13.9. The van der Waals surface area contributed by atoms with Gasteiger partial charge in [0, 0.05) is 20.2 Å². The molecule has 114 valence electrons. The van der Waals surface area contributed by atoms with Gasteiger partial charge in [-0.1, -0.05) is 6.92 Å². The van der Waals surface area contributed by atoms with E-state index in [4.69, 9.17) is 9.47 Å². The van der Waals surface area contributed by atoms with Crippen molar-refractivity contribution in [3.63, 3.8) is 0 Å². The summed E-state index contributed by atoms with van der Waals surface area (Å²) in [5, 5.41) is 3.45. The maximum absolute atomic E-state index is 12.1. The van der Waals surface area contributed by atoms with Gasteiger partial charge < -0.3 is 19.7 Å². The van der Waals surface area contributed by atoms with E-state index in [0.717, 1.165) is 30.9 Å². The number of carbonyl (C=O) groups is 1. The lowest BCUT2D eigenvalue weighted by Gasteiger charge is -2.31. The Morgan fingerprint density at radius 2 is 2.33 bits per heavy atom. The van der Waals surface area contributed by atoms with Crippen LogP contribution in [0.4, 0.5) is 5.69 Å². The average Bonchev–Trinajstić information content (AvgIpc) is 2.66. The second-order valence-corrected chi connectivity index (χ2v) is 5.70. The molecule has 0 saturated carbocycles. The van der Waals surface area contributed by atoms with Crippen molar-refractivity contribution in [1.29, 1.82) is 0 Å². The van der Waals surface area contributed by atoms with E-state index < -0.39 is 0 Å². The number of methoxy groups -OCH3 is 1. The van der Waals surface area contributed by atoms with Crippen LogP contribution in [0.5, 0.6) is 5.75 Å². The van der Waals surface area contributed by atoms with Crippen LogP contribution in [-0.2, 0) is 16.0 Å². The minimum atomic E-state index is -0.00102. The highest BCUT2D eigenvalue weighted by Gasteiger charge is 2.28. The molecule has 0 aromatic heterocycles. The summed E-state index contributed by atoms with van der Waals surface area (Å²) >= 11 is 0. The molecule has 0 radical (unpaired) electrons. The van der Waals surface area contributed by atoms with Crippen molar-refractivity contribution in [2.24, 2.45) is 0 Å². The smallest absolute Gasteiger partial charge is 0.265 e. The van der Waals surface area contributed by atoms with Crippen LogP contribution in [0.25, 0.3) is 0 Å². The molecule has 0 bridgehead atoms. The molecule has 1 atom stereocenters. The molecule has 0 aliphatic carbocycles. The predicted molar refractivity (Wildman–Crippen MR) is 81.2 cm³/mol. The molecular formula is C16H22N2O3. The maximum atomic E-state index is 12.1. The number of anilines is 1. The standard InChI is InChI=1S/C16H22N2O3/c1-11-9-17-4-3-12-7-15-14(8-13(11)12)18(5-6-20-2)16(19)10-21-15/h7-8,11,17H,3-6,9-10H2,1-2H3. The van der Waals surface area contributed by atoms with Crippen molar-refractivity contribution in [3.8, 4) is 5.75 Å². The Hall–Kier alpha value is -1.59. The summed E-state index contributed by atoms with van der Waals surface area (Å²) in [6, 6.07) is 4.25. The van der Waals surface area contributed by atoms with Crippen LogP contribution in [0, 0.1) is 0 Å². The van der Waals surface area contributed by atoms with Gasteiger partial charge in [0.2, 0.25) is 0 Å². The number of ether oxygens (including phenoxy) is 2. The molecule has 0 spiro atoms. The lowest BCUT2D eigenvalue weighted by molar-refractivity contribution is -0.121. The quantitative estimate of drug-likeness (QED) is 0.912. The number of fused-ring (bicyclic) bond motifs is 2. The highest BCUT2D eigenvalue weighted by atomic mass is 16.5. The van der Waals surface area contributed by atoms with Crippen molar-refractivity contribution in [3.05, 3.63) is 23.3 Å². The normalized spacial score (nSPS) is 21.3. The number of amides is 1. The monoisotopic (exact) mass is 290 g/mol. The fourth-order valence-electron chi connectivity index (χ4n) is 3.06. The predicted octanol–water partition coefficient (Wildman–Crippen LogP) is 1.31. The minimum absolute atomic E-state index is 0.00102. The number of carbonyl (C=O) groups excluding carboxylic acids is 1. The van der Waals surface area contributed by atoms with Gasteiger partial charge in [0.15, 0.2) is 6.61 Å². The summed E-state index contributed by atoms with van der Waals surface area (Å²) < 4.78 is 10.8. The first kappa shape index (κ1) is 14.4. The number of benzene rings is 1. The molecule has 2 heterocycles. The minimum Gasteiger partial charge on any atom is -0.482 e. The van der Waals surface area contributed by atoms with Crippen LogP contribution < -0.4 is 15.0 Å². The van der Waals surface area contributed by atoms with Gasteiger partial charge in [-0.05, 0) is 42.1 Å². The number of hydrogen-bond donors (Lipinski definition) is 1. The van der Waals surface area contributed by atoms with Gasteiger partial charge in [-0.2, -0.15) is 0 Å². The molecule has 5 nitrogen and oxygen atoms in total. The fraction of sp³-hybridized carbons (Fsp3) is 0.562. The van der Waals surface area contributed by atoms with E-state index in [0.29, 0.717) is 19.1 Å².